The Morgan fingerprint density at radius 3 is 2.41 bits per heavy atom. The first-order valence-electron chi connectivity index (χ1n) is 17.0. The number of nitrogens with zero attached hydrogens (tertiary/aromatic N) is 4. The summed E-state index contributed by atoms with van der Waals surface area (Å²) in [4.78, 5) is 95.9. The molecule has 1 aliphatic rings. The smallest absolute Gasteiger partial charge is 0.274 e. The van der Waals surface area contributed by atoms with Crippen LogP contribution in [0.4, 0.5) is 5.82 Å². The van der Waals surface area contributed by atoms with Crippen LogP contribution in [0.2, 0.25) is 0 Å². The van der Waals surface area contributed by atoms with Gasteiger partial charge in [0, 0.05) is 37.1 Å². The van der Waals surface area contributed by atoms with Crippen molar-refractivity contribution in [3.63, 3.8) is 0 Å². The van der Waals surface area contributed by atoms with E-state index >= 15 is 0 Å². The van der Waals surface area contributed by atoms with Crippen LogP contribution < -0.4 is 35.9 Å². The Morgan fingerprint density at radius 1 is 1.04 bits per heavy atom. The number of nitrogen functional groups attached to an aromatic ring is 1. The molecule has 1 aliphatic heterocycles. The Balaban J connectivity index is 1.47. The number of thioether (sulfide) groups is 1. The number of hydrogen-bond donors (Lipinski definition) is 5. The van der Waals surface area contributed by atoms with Crippen LogP contribution in [-0.4, -0.2) is 103 Å². The molecule has 2 amide bonds. The molecule has 0 bridgehead atoms. The minimum absolute atomic E-state index is 0.0196. The topological polar surface area (TPSA) is 375 Å². The highest BCUT2D eigenvalue weighted by atomic mass is 32.2. The second-order valence-corrected chi connectivity index (χ2v) is 18.2. The van der Waals surface area contributed by atoms with Gasteiger partial charge in [0.15, 0.2) is 22.8 Å². The third-order valence-corrected chi connectivity index (χ3v) is 11.9. The number of amides is 2. The van der Waals surface area contributed by atoms with Gasteiger partial charge in [0.1, 0.15) is 36.3 Å². The number of aromatic nitrogens is 4. The normalized spacial score (nSPS) is 21.7. The van der Waals surface area contributed by atoms with Gasteiger partial charge in [-0.05, 0) is 6.42 Å². The largest absolute Gasteiger partial charge is 0.790 e. The number of rotatable bonds is 24. The molecule has 0 aliphatic carbocycles. The first-order chi connectivity index (χ1) is 26.1. The molecule has 318 valence electrons. The van der Waals surface area contributed by atoms with E-state index in [0.29, 0.717) is 12.2 Å². The van der Waals surface area contributed by atoms with E-state index < -0.39 is 84.6 Å². The summed E-state index contributed by atoms with van der Waals surface area (Å²) in [6.45, 7) is 2.23. The molecular formula is C28H44N7O17P3S-4. The lowest BCUT2D eigenvalue weighted by molar-refractivity contribution is -0.347. The van der Waals surface area contributed by atoms with Gasteiger partial charge in [-0.15, -0.1) is 0 Å². The molecule has 1 fully saturated rings. The predicted molar refractivity (Wildman–Crippen MR) is 187 cm³/mol. The molecule has 28 heteroatoms. The van der Waals surface area contributed by atoms with Crippen LogP contribution in [0.3, 0.4) is 0 Å². The minimum Gasteiger partial charge on any atom is -0.790 e. The highest BCUT2D eigenvalue weighted by Crippen LogP contribution is 2.56. The molecule has 7 atom stereocenters. The second kappa shape index (κ2) is 21.0. The van der Waals surface area contributed by atoms with E-state index in [1.165, 1.54) is 13.8 Å². The van der Waals surface area contributed by atoms with Crippen molar-refractivity contribution in [2.24, 2.45) is 5.41 Å². The van der Waals surface area contributed by atoms with Gasteiger partial charge in [-0.25, -0.2) is 19.3 Å². The molecule has 2 aromatic heterocycles. The SMILES string of the molecule is CCCCCCC(=O)SCCNC(=O)CCNC(=O)[C@@H](O)C(C)(C)COP(=O)([O-])OP(=O)([O-])OC[C@H]1O[C@@H](n2cnc3c(N)ncnc32)C(O)[C@H]1OP(=O)([O-])[O-]. The Bertz CT molecular complexity index is 1800. The number of fused-ring (bicyclic) bond motifs is 1. The van der Waals surface area contributed by atoms with E-state index in [9.17, 15) is 57.9 Å². The fourth-order valence-electron chi connectivity index (χ4n) is 5.04. The van der Waals surface area contributed by atoms with Crippen molar-refractivity contribution in [2.75, 3.05) is 37.8 Å². The van der Waals surface area contributed by atoms with Gasteiger partial charge in [-0.2, -0.15) is 0 Å². The van der Waals surface area contributed by atoms with Crippen molar-refractivity contribution >= 4 is 69.1 Å². The number of carbonyl (C=O) groups is 3. The average molecular weight is 876 g/mol. The highest BCUT2D eigenvalue weighted by Gasteiger charge is 2.47. The Kier molecular flexibility index (Phi) is 18.0. The summed E-state index contributed by atoms with van der Waals surface area (Å²) in [5.41, 5.74) is 4.08. The van der Waals surface area contributed by atoms with Crippen molar-refractivity contribution < 1.29 is 80.5 Å². The number of hydrogen-bond acceptors (Lipinski definition) is 22. The zero-order valence-electron chi connectivity index (χ0n) is 30.5. The zero-order chi connectivity index (χ0) is 41.9. The van der Waals surface area contributed by atoms with Crippen LogP contribution in [0.1, 0.15) is 65.5 Å². The van der Waals surface area contributed by atoms with Crippen LogP contribution in [0, 0.1) is 5.41 Å². The zero-order valence-corrected chi connectivity index (χ0v) is 34.0. The summed E-state index contributed by atoms with van der Waals surface area (Å²) in [6.07, 6.45) is -3.16. The van der Waals surface area contributed by atoms with Crippen molar-refractivity contribution in [3.8, 4) is 0 Å². The fourth-order valence-corrected chi connectivity index (χ4v) is 8.50. The number of aliphatic hydroxyl groups is 2. The minimum atomic E-state index is -5.91. The van der Waals surface area contributed by atoms with Crippen LogP contribution >= 0.6 is 35.2 Å². The maximum atomic E-state index is 12.5. The van der Waals surface area contributed by atoms with Crippen LogP contribution in [0.15, 0.2) is 12.7 Å². The number of imidazole rings is 1. The maximum Gasteiger partial charge on any atom is 0.274 e. The molecule has 3 heterocycles. The van der Waals surface area contributed by atoms with Crippen molar-refractivity contribution in [2.45, 2.75) is 89.9 Å². The second-order valence-electron chi connectivity index (χ2n) is 13.0. The van der Waals surface area contributed by atoms with E-state index in [1.807, 2.05) is 0 Å². The summed E-state index contributed by atoms with van der Waals surface area (Å²) in [5, 5.41) is 26.3. The van der Waals surface area contributed by atoms with E-state index in [2.05, 4.69) is 50.4 Å². The van der Waals surface area contributed by atoms with Gasteiger partial charge in [0.2, 0.25) is 11.8 Å². The number of nitrogens with one attached hydrogen (secondary N) is 2. The average Bonchev–Trinajstić information content (AvgIpc) is 3.66. The Morgan fingerprint density at radius 2 is 1.73 bits per heavy atom. The summed E-state index contributed by atoms with van der Waals surface area (Å²) in [6, 6.07) is 0. The van der Waals surface area contributed by atoms with Crippen molar-refractivity contribution in [1.29, 1.82) is 0 Å². The van der Waals surface area contributed by atoms with E-state index in [1.54, 1.807) is 0 Å². The predicted octanol–water partition coefficient (Wildman–Crippen LogP) is -1.89. The number of unbranched alkanes of at least 4 members (excludes halogenated alkanes) is 3. The van der Waals surface area contributed by atoms with Gasteiger partial charge in [0.05, 0.1) is 27.4 Å². The molecule has 3 rings (SSSR count). The lowest BCUT2D eigenvalue weighted by Crippen LogP contribution is -2.46. The van der Waals surface area contributed by atoms with Gasteiger partial charge >= 0.3 is 0 Å². The van der Waals surface area contributed by atoms with Gasteiger partial charge in [-0.1, -0.05) is 51.8 Å². The monoisotopic (exact) mass is 875 g/mol. The molecule has 0 saturated carbocycles. The molecule has 2 aromatic rings. The summed E-state index contributed by atoms with van der Waals surface area (Å²) < 4.78 is 60.5. The number of nitrogens with two attached hydrogens (primary N) is 1. The third kappa shape index (κ3) is 15.1. The third-order valence-electron chi connectivity index (χ3n) is 7.97. The van der Waals surface area contributed by atoms with E-state index in [-0.39, 0.29) is 41.6 Å². The molecule has 0 spiro atoms. The lowest BCUT2D eigenvalue weighted by atomic mass is 9.87. The molecule has 3 unspecified atom stereocenters. The van der Waals surface area contributed by atoms with Crippen LogP contribution in [0.5, 0.6) is 0 Å². The molecule has 56 heavy (non-hydrogen) atoms. The number of phosphoric ester groups is 3. The quantitative estimate of drug-likeness (QED) is 0.0568. The van der Waals surface area contributed by atoms with Crippen LogP contribution in [0.25, 0.3) is 11.2 Å². The lowest BCUT2D eigenvalue weighted by Gasteiger charge is -2.36. The van der Waals surface area contributed by atoms with Crippen molar-refractivity contribution in [1.82, 2.24) is 30.2 Å². The standard InChI is InChI=1S/C28H48N7O17P3S/c1-4-5-6-7-8-19(37)56-12-11-30-18(36)9-10-31-26(40)23(39)28(2,3)14-49-55(46,47)52-54(44,45)48-13-17-22(51-53(41,42)43)21(38)27(50-17)35-16-34-20-24(29)32-15-33-25(20)35/h15-17,21-23,27,38-39H,4-14H2,1-3H3,(H,30,36)(H,31,40)(H,44,45)(H,46,47)(H2,29,32,33)(H2,41,42,43)/p-4/t17-,21?,22+,23-,27-/m1/s1. The van der Waals surface area contributed by atoms with Gasteiger partial charge < -0.3 is 69.0 Å². The first-order valence-corrected chi connectivity index (χ1v) is 22.4. The number of phosphoric acid groups is 3. The number of ether oxygens (including phenoxy) is 1. The van der Waals surface area contributed by atoms with E-state index in [0.717, 1.165) is 54.7 Å². The number of anilines is 1. The molecule has 0 radical (unpaired) electrons. The molecular weight excluding hydrogens is 831 g/mol. The maximum absolute atomic E-state index is 12.5. The number of carbonyl (C=O) groups excluding carboxylic acids is 3. The Hall–Kier alpha value is -2.44. The molecule has 0 aromatic carbocycles. The van der Waals surface area contributed by atoms with Crippen molar-refractivity contribution in [3.05, 3.63) is 12.7 Å². The van der Waals surface area contributed by atoms with Crippen LogP contribution in [-0.2, 0) is 50.7 Å². The summed E-state index contributed by atoms with van der Waals surface area (Å²) in [5.74, 6) is -1.15. The summed E-state index contributed by atoms with van der Waals surface area (Å²) in [7, 11) is -17.6. The van der Waals surface area contributed by atoms with E-state index in [4.69, 9.17) is 10.5 Å². The van der Waals surface area contributed by atoms with Gasteiger partial charge in [0.25, 0.3) is 15.6 Å². The number of aliphatic hydroxyl groups excluding tert-OH is 2. The van der Waals surface area contributed by atoms with Gasteiger partial charge in [-0.3, -0.25) is 28.1 Å². The highest BCUT2D eigenvalue weighted by molar-refractivity contribution is 8.13. The molecule has 1 saturated heterocycles. The fraction of sp³-hybridized carbons (Fsp3) is 0.714. The first kappa shape index (κ1) is 47.9. The molecule has 24 nitrogen and oxygen atoms in total. The molecule has 6 N–H and O–H groups in total. The Labute approximate surface area is 325 Å². The summed E-state index contributed by atoms with van der Waals surface area (Å²) >= 11 is 1.12.